The average Bonchev–Trinajstić information content (AvgIpc) is 3.20. The molecule has 0 unspecified atom stereocenters. The van der Waals surface area contributed by atoms with Crippen LogP contribution >= 0.6 is 0 Å². The highest BCUT2D eigenvalue weighted by molar-refractivity contribution is 6.06. The Bertz CT molecular complexity index is 1390. The Morgan fingerprint density at radius 3 is 2.45 bits per heavy atom. The number of amides is 1. The first-order valence-electron chi connectivity index (χ1n) is 10.4. The van der Waals surface area contributed by atoms with Crippen molar-refractivity contribution in [3.63, 3.8) is 0 Å². The van der Waals surface area contributed by atoms with E-state index in [0.29, 0.717) is 22.5 Å². The van der Waals surface area contributed by atoms with Gasteiger partial charge in [-0.2, -0.15) is 0 Å². The molecule has 168 valence electrons. The van der Waals surface area contributed by atoms with E-state index in [9.17, 15) is 13.6 Å². The van der Waals surface area contributed by atoms with Gasteiger partial charge in [0, 0.05) is 34.2 Å². The summed E-state index contributed by atoms with van der Waals surface area (Å²) in [6.45, 7) is 5.70. The van der Waals surface area contributed by atoms with Crippen LogP contribution in [0.15, 0.2) is 65.3 Å². The highest BCUT2D eigenvalue weighted by Gasteiger charge is 2.19. The molecule has 0 fully saturated rings. The van der Waals surface area contributed by atoms with E-state index >= 15 is 0 Å². The van der Waals surface area contributed by atoms with E-state index in [4.69, 9.17) is 9.15 Å². The minimum absolute atomic E-state index is 0.0967. The summed E-state index contributed by atoms with van der Waals surface area (Å²) in [4.78, 5) is 12.5. The van der Waals surface area contributed by atoms with Crippen molar-refractivity contribution in [2.45, 2.75) is 20.8 Å². The molecule has 1 amide bonds. The number of methoxy groups -OCH3 is 1. The van der Waals surface area contributed by atoms with Gasteiger partial charge < -0.3 is 14.5 Å². The molecular weight excluding hydrogens is 424 g/mol. The summed E-state index contributed by atoms with van der Waals surface area (Å²) in [5.74, 6) is -1.51. The molecule has 0 spiro atoms. The Morgan fingerprint density at radius 1 is 1.06 bits per heavy atom. The third kappa shape index (κ3) is 4.37. The minimum atomic E-state index is -0.842. The van der Waals surface area contributed by atoms with Gasteiger partial charge >= 0.3 is 0 Å². The summed E-state index contributed by atoms with van der Waals surface area (Å²) in [6, 6.07) is 13.1. The molecule has 1 heterocycles. The van der Waals surface area contributed by atoms with Crippen molar-refractivity contribution in [2.24, 2.45) is 0 Å². The number of anilines is 1. The largest absolute Gasteiger partial charge is 0.496 e. The maximum Gasteiger partial charge on any atom is 0.248 e. The molecule has 33 heavy (non-hydrogen) atoms. The minimum Gasteiger partial charge on any atom is -0.496 e. The van der Waals surface area contributed by atoms with Crippen molar-refractivity contribution >= 4 is 28.1 Å². The number of allylic oxidation sites excluding steroid dienone is 1. The Labute approximate surface area is 190 Å². The maximum absolute atomic E-state index is 13.9. The number of aryl methyl sites for hydroxylation is 2. The lowest BCUT2D eigenvalue weighted by molar-refractivity contribution is -0.111. The predicted molar refractivity (Wildman–Crippen MR) is 126 cm³/mol. The van der Waals surface area contributed by atoms with Crippen LogP contribution in [0.5, 0.6) is 5.75 Å². The molecule has 0 saturated heterocycles. The molecule has 3 aromatic carbocycles. The van der Waals surface area contributed by atoms with Gasteiger partial charge in [0.25, 0.3) is 0 Å². The fraction of sp³-hybridized carbons (Fsp3) is 0.148. The van der Waals surface area contributed by atoms with E-state index in [2.05, 4.69) is 5.32 Å². The maximum atomic E-state index is 13.9. The van der Waals surface area contributed by atoms with Crippen LogP contribution in [0.3, 0.4) is 0 Å². The summed E-state index contributed by atoms with van der Waals surface area (Å²) in [5, 5.41) is 3.34. The van der Waals surface area contributed by atoms with Crippen LogP contribution < -0.4 is 10.1 Å². The SMILES string of the molecule is COc1c(/C(C)=C/C(=O)Nc2ccc(F)cc2F)cc2c(-c3ccc(C)cc3)coc2c1C. The molecule has 0 saturated carbocycles. The standard InChI is InChI=1S/C27H23F2NO3/c1-15-5-7-18(8-6-15)22-14-33-27-17(3)26(32-4)20(13-21(22)27)16(2)11-25(31)30-24-10-9-19(28)12-23(24)29/h5-14H,1-4H3,(H,30,31)/b16-11+. The van der Waals surface area contributed by atoms with Crippen LogP contribution in [-0.4, -0.2) is 13.0 Å². The summed E-state index contributed by atoms with van der Waals surface area (Å²) >= 11 is 0. The zero-order valence-electron chi connectivity index (χ0n) is 18.8. The molecule has 6 heteroatoms. The fourth-order valence-corrected chi connectivity index (χ4v) is 3.86. The number of nitrogens with one attached hydrogen (secondary N) is 1. The first-order chi connectivity index (χ1) is 15.8. The number of halogens is 2. The fourth-order valence-electron chi connectivity index (χ4n) is 3.86. The summed E-state index contributed by atoms with van der Waals surface area (Å²) in [7, 11) is 1.56. The number of benzene rings is 3. The molecule has 1 aromatic heterocycles. The van der Waals surface area contributed by atoms with Crippen molar-refractivity contribution < 1.29 is 22.7 Å². The molecule has 0 aliphatic heterocycles. The molecule has 0 radical (unpaired) electrons. The van der Waals surface area contributed by atoms with Crippen molar-refractivity contribution in [2.75, 3.05) is 12.4 Å². The number of hydrogen-bond acceptors (Lipinski definition) is 3. The first kappa shape index (κ1) is 22.3. The second-order valence-corrected chi connectivity index (χ2v) is 7.92. The van der Waals surface area contributed by atoms with Gasteiger partial charge in [-0.15, -0.1) is 0 Å². The van der Waals surface area contributed by atoms with E-state index in [1.807, 2.05) is 44.2 Å². The lowest BCUT2D eigenvalue weighted by Gasteiger charge is -2.13. The predicted octanol–water partition coefficient (Wildman–Crippen LogP) is 7.05. The summed E-state index contributed by atoms with van der Waals surface area (Å²) in [6.07, 6.45) is 3.08. The van der Waals surface area contributed by atoms with E-state index in [-0.39, 0.29) is 5.69 Å². The molecule has 1 N–H and O–H groups in total. The van der Waals surface area contributed by atoms with E-state index in [1.165, 1.54) is 12.1 Å². The van der Waals surface area contributed by atoms with Crippen molar-refractivity contribution in [1.82, 2.24) is 0 Å². The highest BCUT2D eigenvalue weighted by Crippen LogP contribution is 2.40. The number of hydrogen-bond donors (Lipinski definition) is 1. The van der Waals surface area contributed by atoms with Crippen molar-refractivity contribution in [3.8, 4) is 16.9 Å². The van der Waals surface area contributed by atoms with Gasteiger partial charge in [-0.25, -0.2) is 8.78 Å². The van der Waals surface area contributed by atoms with Gasteiger partial charge in [-0.3, -0.25) is 4.79 Å². The number of ether oxygens (including phenoxy) is 1. The monoisotopic (exact) mass is 447 g/mol. The first-order valence-corrected chi connectivity index (χ1v) is 10.4. The Kier molecular flexibility index (Phi) is 6.01. The second-order valence-electron chi connectivity index (χ2n) is 7.92. The quantitative estimate of drug-likeness (QED) is 0.334. The van der Waals surface area contributed by atoms with Gasteiger partial charge in [0.05, 0.1) is 19.1 Å². The molecular formula is C27H23F2NO3. The van der Waals surface area contributed by atoms with E-state index in [1.54, 1.807) is 20.3 Å². The topological polar surface area (TPSA) is 51.5 Å². The van der Waals surface area contributed by atoms with Gasteiger partial charge in [0.1, 0.15) is 23.0 Å². The Balaban J connectivity index is 1.75. The highest BCUT2D eigenvalue weighted by atomic mass is 19.1. The number of carbonyl (C=O) groups excluding carboxylic acids is 1. The molecule has 4 aromatic rings. The normalized spacial score (nSPS) is 11.6. The average molecular weight is 447 g/mol. The van der Waals surface area contributed by atoms with Gasteiger partial charge in [-0.1, -0.05) is 29.8 Å². The third-order valence-electron chi connectivity index (χ3n) is 5.57. The molecule has 0 atom stereocenters. The number of furan rings is 1. The summed E-state index contributed by atoms with van der Waals surface area (Å²) in [5.41, 5.74) is 5.86. The van der Waals surface area contributed by atoms with E-state index < -0.39 is 17.5 Å². The van der Waals surface area contributed by atoms with Crippen LogP contribution in [0, 0.1) is 25.5 Å². The lowest BCUT2D eigenvalue weighted by Crippen LogP contribution is -2.10. The molecule has 4 rings (SSSR count). The number of rotatable bonds is 5. The van der Waals surface area contributed by atoms with Crippen molar-refractivity contribution in [1.29, 1.82) is 0 Å². The molecule has 4 nitrogen and oxygen atoms in total. The molecule has 0 aliphatic rings. The van der Waals surface area contributed by atoms with Gasteiger partial charge in [0.15, 0.2) is 0 Å². The number of fused-ring (bicyclic) bond motifs is 1. The smallest absolute Gasteiger partial charge is 0.248 e. The zero-order valence-corrected chi connectivity index (χ0v) is 18.8. The zero-order chi connectivity index (χ0) is 23.7. The van der Waals surface area contributed by atoms with Crippen molar-refractivity contribution in [3.05, 3.63) is 89.2 Å². The Hall–Kier alpha value is -3.93. The van der Waals surface area contributed by atoms with Crippen LogP contribution in [0.1, 0.15) is 23.6 Å². The second kappa shape index (κ2) is 8.90. The van der Waals surface area contributed by atoms with Crippen LogP contribution in [0.4, 0.5) is 14.5 Å². The molecule has 0 bridgehead atoms. The van der Waals surface area contributed by atoms with E-state index in [0.717, 1.165) is 39.8 Å². The van der Waals surface area contributed by atoms with Gasteiger partial charge in [-0.05, 0) is 50.1 Å². The third-order valence-corrected chi connectivity index (χ3v) is 5.57. The van der Waals surface area contributed by atoms with Crippen LogP contribution in [-0.2, 0) is 4.79 Å². The molecule has 0 aliphatic carbocycles. The summed E-state index contributed by atoms with van der Waals surface area (Å²) < 4.78 is 38.5. The Morgan fingerprint density at radius 2 is 1.79 bits per heavy atom. The lowest BCUT2D eigenvalue weighted by atomic mass is 9.96. The van der Waals surface area contributed by atoms with Gasteiger partial charge in [0.2, 0.25) is 5.91 Å². The van der Waals surface area contributed by atoms with Crippen LogP contribution in [0.25, 0.3) is 27.7 Å². The number of carbonyl (C=O) groups is 1. The van der Waals surface area contributed by atoms with Crippen LogP contribution in [0.2, 0.25) is 0 Å².